The van der Waals surface area contributed by atoms with Crippen molar-refractivity contribution in [1.82, 2.24) is 25.1 Å². The number of likely N-dealkylation sites (tertiary alicyclic amines) is 1. The van der Waals surface area contributed by atoms with Gasteiger partial charge in [0, 0.05) is 42.0 Å². The lowest BCUT2D eigenvalue weighted by molar-refractivity contribution is -0.139. The first kappa shape index (κ1) is 23.4. The molecule has 2 fully saturated rings. The summed E-state index contributed by atoms with van der Waals surface area (Å²) in [7, 11) is 0. The maximum Gasteiger partial charge on any atom is 0.254 e. The largest absolute Gasteiger partial charge is 0.340 e. The van der Waals surface area contributed by atoms with Gasteiger partial charge in [0.05, 0.1) is 5.69 Å². The van der Waals surface area contributed by atoms with E-state index in [4.69, 9.17) is 11.6 Å². The van der Waals surface area contributed by atoms with Crippen molar-refractivity contribution in [3.63, 3.8) is 0 Å². The standard InChI is InChI=1S/C26H27ClN6O2/c27-20-6-4-5-18(7-8-20)23-22(21-9-14-28-17-29-21)24(31-30-23)19-10-15-33(16-11-19)25(34)26(32-35)12-2-1-3-13-26/h5,7-9,14,17,19-20H,1-3,10-13,15-16H2,(H,30,31). The molecule has 35 heavy (non-hydrogen) atoms. The molecule has 0 radical (unpaired) electrons. The number of H-pyrrole nitrogens is 1. The zero-order valence-electron chi connectivity index (χ0n) is 19.4. The molecule has 3 aliphatic rings. The van der Waals surface area contributed by atoms with Gasteiger partial charge in [0.1, 0.15) is 17.4 Å². The fourth-order valence-electron chi connectivity index (χ4n) is 5.33. The van der Waals surface area contributed by atoms with Crippen LogP contribution in [0.3, 0.4) is 0 Å². The number of aromatic amines is 1. The van der Waals surface area contributed by atoms with E-state index < -0.39 is 5.54 Å². The van der Waals surface area contributed by atoms with Crippen molar-refractivity contribution in [2.75, 3.05) is 13.1 Å². The molecule has 2 aromatic rings. The van der Waals surface area contributed by atoms with Crippen LogP contribution in [0.1, 0.15) is 62.3 Å². The van der Waals surface area contributed by atoms with Gasteiger partial charge in [-0.05, 0) is 37.8 Å². The van der Waals surface area contributed by atoms with E-state index >= 15 is 0 Å². The number of allylic oxidation sites excluding steroid dienone is 4. The van der Waals surface area contributed by atoms with Crippen LogP contribution < -0.4 is 0 Å². The van der Waals surface area contributed by atoms with E-state index in [-0.39, 0.29) is 17.2 Å². The Bertz CT molecular complexity index is 1210. The van der Waals surface area contributed by atoms with Crippen LogP contribution in [0.15, 0.2) is 42.0 Å². The average Bonchev–Trinajstić information content (AvgIpc) is 3.24. The van der Waals surface area contributed by atoms with Gasteiger partial charge >= 0.3 is 0 Å². The molecule has 1 saturated carbocycles. The molecule has 0 spiro atoms. The highest BCUT2D eigenvalue weighted by atomic mass is 35.5. The second-order valence-electron chi connectivity index (χ2n) is 9.35. The molecule has 1 atom stereocenters. The zero-order valence-corrected chi connectivity index (χ0v) is 20.2. The number of rotatable bonds is 5. The van der Waals surface area contributed by atoms with Gasteiger partial charge in [-0.3, -0.25) is 9.89 Å². The van der Waals surface area contributed by atoms with E-state index in [9.17, 15) is 9.70 Å². The molecule has 9 heteroatoms. The van der Waals surface area contributed by atoms with Crippen LogP contribution in [-0.4, -0.2) is 55.0 Å². The van der Waals surface area contributed by atoms with E-state index in [0.29, 0.717) is 25.9 Å². The first-order valence-corrected chi connectivity index (χ1v) is 12.6. The molecule has 8 nitrogen and oxygen atoms in total. The van der Waals surface area contributed by atoms with Crippen LogP contribution in [0.5, 0.6) is 0 Å². The smallest absolute Gasteiger partial charge is 0.254 e. The number of piperidine rings is 1. The van der Waals surface area contributed by atoms with Crippen molar-refractivity contribution < 1.29 is 4.79 Å². The molecule has 2 aromatic heterocycles. The lowest BCUT2D eigenvalue weighted by Crippen LogP contribution is -2.51. The second-order valence-corrected chi connectivity index (χ2v) is 9.82. The first-order valence-electron chi connectivity index (χ1n) is 12.1. The highest BCUT2D eigenvalue weighted by Gasteiger charge is 2.44. The SMILES string of the molecule is O=NC1(C(=O)N2CCC(c3[nH]nc(C4=CC#CC(Cl)C=C4)c3-c3ccncn3)CC2)CCCCC1. The van der Waals surface area contributed by atoms with E-state index in [0.717, 1.165) is 60.3 Å². The summed E-state index contributed by atoms with van der Waals surface area (Å²) in [5.74, 6) is 6.01. The number of nitroso groups, excluding NO2 is 1. The lowest BCUT2D eigenvalue weighted by atomic mass is 9.80. The van der Waals surface area contributed by atoms with E-state index in [1.54, 1.807) is 6.20 Å². The first-order chi connectivity index (χ1) is 17.1. The lowest BCUT2D eigenvalue weighted by Gasteiger charge is -2.38. The molecule has 0 aromatic carbocycles. The summed E-state index contributed by atoms with van der Waals surface area (Å²) in [6, 6.07) is 1.87. The summed E-state index contributed by atoms with van der Waals surface area (Å²) in [6.45, 7) is 1.17. The monoisotopic (exact) mass is 490 g/mol. The van der Waals surface area contributed by atoms with Crippen molar-refractivity contribution in [1.29, 1.82) is 0 Å². The van der Waals surface area contributed by atoms with Crippen LogP contribution >= 0.6 is 11.6 Å². The predicted molar refractivity (Wildman–Crippen MR) is 134 cm³/mol. The Morgan fingerprint density at radius 2 is 2.03 bits per heavy atom. The summed E-state index contributed by atoms with van der Waals surface area (Å²) in [6.07, 6.45) is 14.3. The van der Waals surface area contributed by atoms with E-state index in [1.165, 1.54) is 6.33 Å². The highest BCUT2D eigenvalue weighted by Crippen LogP contribution is 2.39. The van der Waals surface area contributed by atoms with Crippen LogP contribution in [0, 0.1) is 16.7 Å². The molecule has 0 bridgehead atoms. The minimum Gasteiger partial charge on any atom is -0.340 e. The summed E-state index contributed by atoms with van der Waals surface area (Å²) < 4.78 is 0. The van der Waals surface area contributed by atoms with Gasteiger partial charge in [0.25, 0.3) is 5.91 Å². The topological polar surface area (TPSA) is 104 Å². The summed E-state index contributed by atoms with van der Waals surface area (Å²) in [4.78, 5) is 35.4. The molecule has 1 amide bonds. The fourth-order valence-corrected chi connectivity index (χ4v) is 5.47. The maximum atomic E-state index is 13.3. The van der Waals surface area contributed by atoms with Gasteiger partial charge in [-0.1, -0.05) is 48.4 Å². The van der Waals surface area contributed by atoms with Gasteiger partial charge in [-0.25, -0.2) is 9.97 Å². The number of hydrogen-bond acceptors (Lipinski definition) is 6. The van der Waals surface area contributed by atoms with Crippen LogP contribution in [0.2, 0.25) is 0 Å². The highest BCUT2D eigenvalue weighted by molar-refractivity contribution is 6.24. The Labute approximate surface area is 209 Å². The fraction of sp³-hybridized carbons (Fsp3) is 0.462. The molecule has 1 N–H and O–H groups in total. The molecule has 3 heterocycles. The van der Waals surface area contributed by atoms with E-state index in [2.05, 4.69) is 37.2 Å². The summed E-state index contributed by atoms with van der Waals surface area (Å²) in [5.41, 5.74) is 3.23. The molecule has 1 saturated heterocycles. The van der Waals surface area contributed by atoms with Gasteiger partial charge in [-0.15, -0.1) is 16.5 Å². The predicted octanol–water partition coefficient (Wildman–Crippen LogP) is 4.61. The number of amides is 1. The van der Waals surface area contributed by atoms with E-state index in [1.807, 2.05) is 29.2 Å². The average molecular weight is 491 g/mol. The molecular formula is C26H27ClN6O2. The van der Waals surface area contributed by atoms with Crippen molar-refractivity contribution >= 4 is 23.1 Å². The molecule has 1 unspecified atom stereocenters. The third-order valence-electron chi connectivity index (χ3n) is 7.24. The van der Waals surface area contributed by atoms with Gasteiger partial charge < -0.3 is 4.90 Å². The summed E-state index contributed by atoms with van der Waals surface area (Å²) in [5, 5.41) is 10.9. The molecule has 2 aliphatic carbocycles. The molecule has 5 rings (SSSR count). The molecule has 180 valence electrons. The normalized spacial score (nSPS) is 22.0. The second kappa shape index (κ2) is 10.1. The number of hydrogen-bond donors (Lipinski definition) is 1. The number of nitrogens with zero attached hydrogens (tertiary/aromatic N) is 5. The van der Waals surface area contributed by atoms with Crippen molar-refractivity contribution in [2.45, 2.75) is 61.8 Å². The Balaban J connectivity index is 1.40. The Morgan fingerprint density at radius 3 is 2.74 bits per heavy atom. The number of carbonyl (C=O) groups excluding carboxylic acids is 1. The third kappa shape index (κ3) is 4.65. The van der Waals surface area contributed by atoms with Crippen molar-refractivity contribution in [2.24, 2.45) is 5.18 Å². The van der Waals surface area contributed by atoms with Gasteiger partial charge in [0.2, 0.25) is 0 Å². The van der Waals surface area contributed by atoms with Gasteiger partial charge in [-0.2, -0.15) is 5.10 Å². The summed E-state index contributed by atoms with van der Waals surface area (Å²) >= 11 is 6.17. The van der Waals surface area contributed by atoms with Gasteiger partial charge in [0.15, 0.2) is 5.54 Å². The van der Waals surface area contributed by atoms with Crippen molar-refractivity contribution in [3.05, 3.63) is 53.1 Å². The number of halogens is 1. The number of carbonyl (C=O) groups is 1. The van der Waals surface area contributed by atoms with Crippen LogP contribution in [-0.2, 0) is 4.79 Å². The minimum atomic E-state index is -1.07. The molecule has 1 aliphatic heterocycles. The number of alkyl halides is 1. The third-order valence-corrected chi connectivity index (χ3v) is 7.50. The number of nitrogens with one attached hydrogen (secondary N) is 1. The quantitative estimate of drug-likeness (QED) is 0.374. The Hall–Kier alpha value is -3.31. The number of aromatic nitrogens is 4. The van der Waals surface area contributed by atoms with Crippen molar-refractivity contribution in [3.8, 4) is 23.1 Å². The maximum absolute atomic E-state index is 13.3. The Morgan fingerprint density at radius 1 is 1.23 bits per heavy atom. The van der Waals surface area contributed by atoms with Crippen LogP contribution in [0.25, 0.3) is 16.8 Å². The minimum absolute atomic E-state index is 0.102. The Kier molecular flexibility index (Phi) is 6.78. The zero-order chi connectivity index (χ0) is 24.3. The van der Waals surface area contributed by atoms with Crippen LogP contribution in [0.4, 0.5) is 0 Å². The molecular weight excluding hydrogens is 464 g/mol.